The Morgan fingerprint density at radius 1 is 1.12 bits per heavy atom. The quantitative estimate of drug-likeness (QED) is 0.809. The summed E-state index contributed by atoms with van der Waals surface area (Å²) in [6, 6.07) is 9.91. The number of nitrogens with one attached hydrogen (secondary N) is 1. The van der Waals surface area contributed by atoms with Crippen LogP contribution in [0.1, 0.15) is 12.0 Å². The number of halogens is 3. The van der Waals surface area contributed by atoms with E-state index in [4.69, 9.17) is 23.2 Å². The van der Waals surface area contributed by atoms with Crippen LogP contribution < -0.4 is 5.32 Å². The maximum atomic E-state index is 13.0. The summed E-state index contributed by atoms with van der Waals surface area (Å²) in [6.45, 7) is 0. The van der Waals surface area contributed by atoms with Gasteiger partial charge >= 0.3 is 0 Å². The zero-order valence-corrected chi connectivity index (χ0v) is 14.8. The van der Waals surface area contributed by atoms with Gasteiger partial charge in [0.05, 0.1) is 11.5 Å². The molecule has 0 saturated heterocycles. The Kier molecular flexibility index (Phi) is 6.21. The largest absolute Gasteiger partial charge is 0.326 e. The van der Waals surface area contributed by atoms with Crippen molar-refractivity contribution >= 4 is 44.6 Å². The van der Waals surface area contributed by atoms with Crippen LogP contribution in [0.3, 0.4) is 0 Å². The molecule has 0 bridgehead atoms. The Balaban J connectivity index is 1.93. The number of carbonyl (C=O) groups is 1. The molecule has 0 aliphatic heterocycles. The van der Waals surface area contributed by atoms with Crippen LogP contribution in [0.15, 0.2) is 42.5 Å². The molecule has 0 radical (unpaired) electrons. The van der Waals surface area contributed by atoms with Crippen molar-refractivity contribution in [1.29, 1.82) is 0 Å². The Bertz CT molecular complexity index is 856. The van der Waals surface area contributed by atoms with E-state index in [1.807, 2.05) is 0 Å². The molecule has 0 fully saturated rings. The summed E-state index contributed by atoms with van der Waals surface area (Å²) in [4.78, 5) is 11.8. The molecule has 4 nitrogen and oxygen atoms in total. The molecular formula is C16H14Cl2FNO3S. The summed E-state index contributed by atoms with van der Waals surface area (Å²) in [7, 11) is -3.53. The van der Waals surface area contributed by atoms with Crippen LogP contribution in [0.5, 0.6) is 0 Å². The molecule has 0 aromatic heterocycles. The summed E-state index contributed by atoms with van der Waals surface area (Å²) in [5.74, 6) is -1.62. The van der Waals surface area contributed by atoms with Crippen molar-refractivity contribution in [3.05, 3.63) is 63.9 Å². The van der Waals surface area contributed by atoms with Crippen LogP contribution in [0, 0.1) is 5.82 Å². The lowest BCUT2D eigenvalue weighted by atomic mass is 10.2. The van der Waals surface area contributed by atoms with Gasteiger partial charge in [0, 0.05) is 22.2 Å². The number of benzene rings is 2. The maximum Gasteiger partial charge on any atom is 0.225 e. The third kappa shape index (κ3) is 5.78. The third-order valence-corrected chi connectivity index (χ3v) is 5.30. The van der Waals surface area contributed by atoms with E-state index in [-0.39, 0.29) is 28.6 Å². The molecule has 0 atom stereocenters. The zero-order chi connectivity index (χ0) is 17.7. The lowest BCUT2D eigenvalue weighted by Gasteiger charge is -2.08. The molecule has 0 unspecified atom stereocenters. The Morgan fingerprint density at radius 2 is 1.88 bits per heavy atom. The Morgan fingerprint density at radius 3 is 2.54 bits per heavy atom. The molecule has 0 saturated carbocycles. The molecule has 0 aliphatic rings. The molecular weight excluding hydrogens is 376 g/mol. The molecule has 2 rings (SSSR count). The fraction of sp³-hybridized carbons (Fsp3) is 0.188. The van der Waals surface area contributed by atoms with Crippen molar-refractivity contribution in [3.63, 3.8) is 0 Å². The van der Waals surface area contributed by atoms with Gasteiger partial charge in [-0.15, -0.1) is 0 Å². The van der Waals surface area contributed by atoms with Crippen molar-refractivity contribution in [3.8, 4) is 0 Å². The minimum Gasteiger partial charge on any atom is -0.326 e. The number of hydrogen-bond donors (Lipinski definition) is 1. The van der Waals surface area contributed by atoms with Crippen molar-refractivity contribution in [2.45, 2.75) is 12.2 Å². The smallest absolute Gasteiger partial charge is 0.225 e. The van der Waals surface area contributed by atoms with Gasteiger partial charge in [-0.3, -0.25) is 4.79 Å². The molecule has 1 amide bonds. The fourth-order valence-corrected chi connectivity index (χ4v) is 3.91. The van der Waals surface area contributed by atoms with Gasteiger partial charge in [0.1, 0.15) is 5.82 Å². The number of anilines is 1. The van der Waals surface area contributed by atoms with Crippen LogP contribution in [0.25, 0.3) is 0 Å². The lowest BCUT2D eigenvalue weighted by molar-refractivity contribution is -0.115. The van der Waals surface area contributed by atoms with Gasteiger partial charge in [0.25, 0.3) is 0 Å². The van der Waals surface area contributed by atoms with Crippen molar-refractivity contribution in [2.75, 3.05) is 11.1 Å². The zero-order valence-electron chi connectivity index (χ0n) is 12.4. The normalized spacial score (nSPS) is 11.3. The molecule has 24 heavy (non-hydrogen) atoms. The number of carbonyl (C=O) groups excluding carboxylic acids is 1. The van der Waals surface area contributed by atoms with E-state index in [2.05, 4.69) is 5.32 Å². The van der Waals surface area contributed by atoms with Crippen LogP contribution in [0.4, 0.5) is 10.1 Å². The second kappa shape index (κ2) is 7.96. The van der Waals surface area contributed by atoms with Crippen LogP contribution in [0.2, 0.25) is 10.0 Å². The first-order chi connectivity index (χ1) is 11.2. The second-order valence-corrected chi connectivity index (χ2v) is 8.16. The first-order valence-corrected chi connectivity index (χ1v) is 9.53. The summed E-state index contributed by atoms with van der Waals surface area (Å²) in [5, 5.41) is 3.12. The summed E-state index contributed by atoms with van der Waals surface area (Å²) in [6.07, 6.45) is -0.232. The van der Waals surface area contributed by atoms with E-state index in [9.17, 15) is 17.6 Å². The van der Waals surface area contributed by atoms with Crippen molar-refractivity contribution < 1.29 is 17.6 Å². The highest BCUT2D eigenvalue weighted by Gasteiger charge is 2.16. The molecule has 0 spiro atoms. The predicted molar refractivity (Wildman–Crippen MR) is 93.6 cm³/mol. The van der Waals surface area contributed by atoms with Gasteiger partial charge < -0.3 is 5.32 Å². The van der Waals surface area contributed by atoms with Gasteiger partial charge in [-0.2, -0.15) is 0 Å². The number of amides is 1. The highest BCUT2D eigenvalue weighted by molar-refractivity contribution is 7.90. The average Bonchev–Trinajstić information content (AvgIpc) is 2.48. The minimum atomic E-state index is -3.53. The fourth-order valence-electron chi connectivity index (χ4n) is 1.99. The van der Waals surface area contributed by atoms with Gasteiger partial charge in [-0.1, -0.05) is 35.3 Å². The van der Waals surface area contributed by atoms with Crippen LogP contribution in [-0.4, -0.2) is 20.1 Å². The van der Waals surface area contributed by atoms with Gasteiger partial charge in [0.2, 0.25) is 5.91 Å². The molecule has 2 aromatic carbocycles. The maximum absolute atomic E-state index is 13.0. The first kappa shape index (κ1) is 18.7. The average molecular weight is 390 g/mol. The highest BCUT2D eigenvalue weighted by Crippen LogP contribution is 2.23. The highest BCUT2D eigenvalue weighted by atomic mass is 35.5. The third-order valence-electron chi connectivity index (χ3n) is 3.14. The molecule has 8 heteroatoms. The minimum absolute atomic E-state index is 0.232. The van der Waals surface area contributed by atoms with E-state index in [1.54, 1.807) is 6.07 Å². The van der Waals surface area contributed by atoms with E-state index < -0.39 is 21.6 Å². The monoisotopic (exact) mass is 389 g/mol. The SMILES string of the molecule is O=C(CCS(=O)(=O)Cc1ccc(Cl)cc1Cl)Nc1cccc(F)c1. The van der Waals surface area contributed by atoms with Gasteiger partial charge in [-0.25, -0.2) is 12.8 Å². The molecule has 0 aliphatic carbocycles. The van der Waals surface area contributed by atoms with Gasteiger partial charge in [0.15, 0.2) is 9.84 Å². The molecule has 0 heterocycles. The molecule has 2 aromatic rings. The lowest BCUT2D eigenvalue weighted by Crippen LogP contribution is -2.18. The number of rotatable bonds is 6. The van der Waals surface area contributed by atoms with Crippen LogP contribution >= 0.6 is 23.2 Å². The van der Waals surface area contributed by atoms with E-state index >= 15 is 0 Å². The standard InChI is InChI=1S/C16H14Cl2FNO3S/c17-12-5-4-11(15(18)8-12)10-24(22,23)7-6-16(21)20-14-3-1-2-13(19)9-14/h1-5,8-9H,6-7,10H2,(H,20,21). The summed E-state index contributed by atoms with van der Waals surface area (Å²) in [5.41, 5.74) is 0.699. The molecule has 1 N–H and O–H groups in total. The number of sulfone groups is 1. The summed E-state index contributed by atoms with van der Waals surface area (Å²) >= 11 is 11.7. The Hall–Kier alpha value is -1.63. The summed E-state index contributed by atoms with van der Waals surface area (Å²) < 4.78 is 37.3. The van der Waals surface area contributed by atoms with Crippen LogP contribution in [-0.2, 0) is 20.4 Å². The molecule has 128 valence electrons. The predicted octanol–water partition coefficient (Wildman–Crippen LogP) is 4.08. The topological polar surface area (TPSA) is 63.2 Å². The first-order valence-electron chi connectivity index (χ1n) is 6.95. The van der Waals surface area contributed by atoms with Crippen molar-refractivity contribution in [1.82, 2.24) is 0 Å². The van der Waals surface area contributed by atoms with Gasteiger partial charge in [-0.05, 0) is 35.9 Å². The van der Waals surface area contributed by atoms with Crippen molar-refractivity contribution in [2.24, 2.45) is 0 Å². The van der Waals surface area contributed by atoms with E-state index in [1.165, 1.54) is 30.3 Å². The van der Waals surface area contributed by atoms with E-state index in [0.717, 1.165) is 6.07 Å². The Labute approximate surface area is 149 Å². The van der Waals surface area contributed by atoms with E-state index in [0.29, 0.717) is 10.6 Å². The second-order valence-electron chi connectivity index (χ2n) is 5.14. The number of hydrogen-bond acceptors (Lipinski definition) is 3.